The standard InChI is InChI=1S/C13H10F2O/c1-8-2-7-11(13(15)12(8)14)9-3-5-10(16)6-4-9/h2-7,16H,1H3. The SMILES string of the molecule is Cc1ccc(-c2ccc(O)cc2)c(F)c1F. The molecule has 0 aliphatic rings. The fourth-order valence-corrected chi connectivity index (χ4v) is 1.51. The topological polar surface area (TPSA) is 20.2 Å². The summed E-state index contributed by atoms with van der Waals surface area (Å²) in [5, 5.41) is 9.10. The van der Waals surface area contributed by atoms with Gasteiger partial charge in [0.2, 0.25) is 0 Å². The monoisotopic (exact) mass is 220 g/mol. The van der Waals surface area contributed by atoms with E-state index in [1.165, 1.54) is 31.2 Å². The van der Waals surface area contributed by atoms with Crippen molar-refractivity contribution < 1.29 is 13.9 Å². The Bertz CT molecular complexity index is 518. The van der Waals surface area contributed by atoms with Crippen molar-refractivity contribution in [2.24, 2.45) is 0 Å². The fraction of sp³-hybridized carbons (Fsp3) is 0.0769. The van der Waals surface area contributed by atoms with E-state index in [0.717, 1.165) is 0 Å². The number of aromatic hydroxyl groups is 1. The summed E-state index contributed by atoms with van der Waals surface area (Å²) in [5.41, 5.74) is 1.01. The second-order valence-corrected chi connectivity index (χ2v) is 3.60. The number of halogens is 2. The van der Waals surface area contributed by atoms with Crippen molar-refractivity contribution in [3.63, 3.8) is 0 Å². The molecule has 1 N–H and O–H groups in total. The summed E-state index contributed by atoms with van der Waals surface area (Å²) in [6, 6.07) is 9.02. The van der Waals surface area contributed by atoms with E-state index < -0.39 is 11.6 Å². The third-order valence-electron chi connectivity index (χ3n) is 2.45. The van der Waals surface area contributed by atoms with E-state index in [9.17, 15) is 8.78 Å². The van der Waals surface area contributed by atoms with Gasteiger partial charge in [0, 0.05) is 5.56 Å². The van der Waals surface area contributed by atoms with Crippen LogP contribution in [0, 0.1) is 18.6 Å². The van der Waals surface area contributed by atoms with E-state index in [2.05, 4.69) is 0 Å². The number of hydrogen-bond donors (Lipinski definition) is 1. The third-order valence-corrected chi connectivity index (χ3v) is 2.45. The summed E-state index contributed by atoms with van der Waals surface area (Å²) in [5.74, 6) is -1.59. The summed E-state index contributed by atoms with van der Waals surface area (Å²) in [4.78, 5) is 0. The highest BCUT2D eigenvalue weighted by molar-refractivity contribution is 5.65. The third kappa shape index (κ3) is 1.76. The number of benzene rings is 2. The molecule has 82 valence electrons. The molecule has 2 rings (SSSR count). The van der Waals surface area contributed by atoms with Gasteiger partial charge in [0.25, 0.3) is 0 Å². The number of phenols is 1. The first-order valence-corrected chi connectivity index (χ1v) is 4.83. The van der Waals surface area contributed by atoms with Gasteiger partial charge in [-0.1, -0.05) is 24.3 Å². The average Bonchev–Trinajstić information content (AvgIpc) is 2.28. The van der Waals surface area contributed by atoms with Gasteiger partial charge in [0.1, 0.15) is 5.75 Å². The molecule has 0 saturated carbocycles. The number of hydrogen-bond acceptors (Lipinski definition) is 1. The first kappa shape index (κ1) is 10.6. The van der Waals surface area contributed by atoms with Gasteiger partial charge >= 0.3 is 0 Å². The molecule has 2 aromatic rings. The Labute approximate surface area is 92.0 Å². The number of rotatable bonds is 1. The molecule has 0 spiro atoms. The van der Waals surface area contributed by atoms with E-state index >= 15 is 0 Å². The van der Waals surface area contributed by atoms with Gasteiger partial charge in [-0.2, -0.15) is 0 Å². The molecular formula is C13H10F2O. The van der Waals surface area contributed by atoms with E-state index in [1.807, 2.05) is 0 Å². The predicted molar refractivity (Wildman–Crippen MR) is 58.2 cm³/mol. The minimum atomic E-state index is -0.856. The summed E-state index contributed by atoms with van der Waals surface area (Å²) in [6.07, 6.45) is 0. The maximum Gasteiger partial charge on any atom is 0.166 e. The van der Waals surface area contributed by atoms with Crippen LogP contribution >= 0.6 is 0 Å². The van der Waals surface area contributed by atoms with Crippen molar-refractivity contribution in [1.82, 2.24) is 0 Å². The van der Waals surface area contributed by atoms with Crippen LogP contribution in [0.5, 0.6) is 5.75 Å². The van der Waals surface area contributed by atoms with Gasteiger partial charge in [-0.3, -0.25) is 0 Å². The minimum absolute atomic E-state index is 0.0942. The van der Waals surface area contributed by atoms with Crippen molar-refractivity contribution in [2.45, 2.75) is 6.92 Å². The lowest BCUT2D eigenvalue weighted by Crippen LogP contribution is -1.92. The number of aryl methyl sites for hydroxylation is 1. The zero-order valence-electron chi connectivity index (χ0n) is 8.67. The molecule has 0 radical (unpaired) electrons. The van der Waals surface area contributed by atoms with E-state index in [-0.39, 0.29) is 16.9 Å². The summed E-state index contributed by atoms with van der Waals surface area (Å²) in [6.45, 7) is 1.51. The first-order chi connectivity index (χ1) is 7.59. The molecule has 0 aromatic heterocycles. The maximum absolute atomic E-state index is 13.6. The molecule has 0 unspecified atom stereocenters. The summed E-state index contributed by atoms with van der Waals surface area (Å²) < 4.78 is 26.9. The van der Waals surface area contributed by atoms with Crippen LogP contribution in [-0.2, 0) is 0 Å². The smallest absolute Gasteiger partial charge is 0.166 e. The Morgan fingerprint density at radius 2 is 1.50 bits per heavy atom. The highest BCUT2D eigenvalue weighted by Crippen LogP contribution is 2.27. The van der Waals surface area contributed by atoms with Crippen molar-refractivity contribution in [1.29, 1.82) is 0 Å². The quantitative estimate of drug-likeness (QED) is 0.777. The van der Waals surface area contributed by atoms with E-state index in [0.29, 0.717) is 5.56 Å². The van der Waals surface area contributed by atoms with Crippen LogP contribution in [0.25, 0.3) is 11.1 Å². The lowest BCUT2D eigenvalue weighted by molar-refractivity contribution is 0.475. The molecule has 0 saturated heterocycles. The van der Waals surface area contributed by atoms with Crippen LogP contribution in [0.2, 0.25) is 0 Å². The molecule has 0 heterocycles. The van der Waals surface area contributed by atoms with Crippen LogP contribution < -0.4 is 0 Å². The highest BCUT2D eigenvalue weighted by atomic mass is 19.2. The van der Waals surface area contributed by atoms with E-state index in [4.69, 9.17) is 5.11 Å². The zero-order valence-corrected chi connectivity index (χ0v) is 8.67. The van der Waals surface area contributed by atoms with Gasteiger partial charge in [0.05, 0.1) is 0 Å². The van der Waals surface area contributed by atoms with Crippen molar-refractivity contribution >= 4 is 0 Å². The van der Waals surface area contributed by atoms with Gasteiger partial charge in [-0.05, 0) is 30.2 Å². The molecule has 0 aliphatic heterocycles. The normalized spacial score (nSPS) is 10.4. The van der Waals surface area contributed by atoms with Gasteiger partial charge in [-0.25, -0.2) is 8.78 Å². The summed E-state index contributed by atoms with van der Waals surface area (Å²) >= 11 is 0. The second-order valence-electron chi connectivity index (χ2n) is 3.60. The van der Waals surface area contributed by atoms with Crippen LogP contribution in [0.15, 0.2) is 36.4 Å². The van der Waals surface area contributed by atoms with Crippen LogP contribution in [-0.4, -0.2) is 5.11 Å². The Morgan fingerprint density at radius 1 is 0.875 bits per heavy atom. The molecule has 0 bridgehead atoms. The van der Waals surface area contributed by atoms with Crippen molar-refractivity contribution in [2.75, 3.05) is 0 Å². The Balaban J connectivity index is 2.57. The lowest BCUT2D eigenvalue weighted by Gasteiger charge is -2.06. The predicted octanol–water partition coefficient (Wildman–Crippen LogP) is 3.65. The molecule has 3 heteroatoms. The Kier molecular flexibility index (Phi) is 2.60. The van der Waals surface area contributed by atoms with Gasteiger partial charge in [-0.15, -0.1) is 0 Å². The average molecular weight is 220 g/mol. The zero-order chi connectivity index (χ0) is 11.7. The largest absolute Gasteiger partial charge is 0.508 e. The molecule has 2 aromatic carbocycles. The van der Waals surface area contributed by atoms with Crippen molar-refractivity contribution in [3.05, 3.63) is 53.6 Å². The van der Waals surface area contributed by atoms with Crippen LogP contribution in [0.4, 0.5) is 8.78 Å². The van der Waals surface area contributed by atoms with Crippen molar-refractivity contribution in [3.8, 4) is 16.9 Å². The lowest BCUT2D eigenvalue weighted by atomic mass is 10.0. The molecule has 0 fully saturated rings. The first-order valence-electron chi connectivity index (χ1n) is 4.83. The molecule has 1 nitrogen and oxygen atoms in total. The molecule has 16 heavy (non-hydrogen) atoms. The maximum atomic E-state index is 13.6. The fourth-order valence-electron chi connectivity index (χ4n) is 1.51. The van der Waals surface area contributed by atoms with Crippen LogP contribution in [0.3, 0.4) is 0 Å². The Morgan fingerprint density at radius 3 is 2.12 bits per heavy atom. The molecule has 0 amide bonds. The Hall–Kier alpha value is -1.90. The highest BCUT2D eigenvalue weighted by Gasteiger charge is 2.12. The van der Waals surface area contributed by atoms with Gasteiger partial charge in [0.15, 0.2) is 11.6 Å². The second kappa shape index (κ2) is 3.93. The summed E-state index contributed by atoms with van der Waals surface area (Å²) in [7, 11) is 0. The number of phenolic OH excluding ortho intramolecular Hbond substituents is 1. The molecular weight excluding hydrogens is 210 g/mol. The van der Waals surface area contributed by atoms with Gasteiger partial charge < -0.3 is 5.11 Å². The molecule has 0 atom stereocenters. The minimum Gasteiger partial charge on any atom is -0.508 e. The van der Waals surface area contributed by atoms with Crippen LogP contribution in [0.1, 0.15) is 5.56 Å². The molecule has 0 aliphatic carbocycles. The van der Waals surface area contributed by atoms with E-state index in [1.54, 1.807) is 12.1 Å².